The lowest BCUT2D eigenvalue weighted by molar-refractivity contribution is 0.573. The van der Waals surface area contributed by atoms with Crippen molar-refractivity contribution in [2.75, 3.05) is 13.1 Å². The van der Waals surface area contributed by atoms with Crippen LogP contribution in [0.1, 0.15) is 51.9 Å². The molecule has 12 heavy (non-hydrogen) atoms. The maximum Gasteiger partial charge on any atom is -0.00490 e. The second kappa shape index (κ2) is 11.0. The van der Waals surface area contributed by atoms with Crippen LogP contribution in [0.3, 0.4) is 0 Å². The van der Waals surface area contributed by atoms with E-state index in [2.05, 4.69) is 19.2 Å². The summed E-state index contributed by atoms with van der Waals surface area (Å²) >= 11 is 0. The van der Waals surface area contributed by atoms with Crippen molar-refractivity contribution in [3.05, 3.63) is 6.92 Å². The highest BCUT2D eigenvalue weighted by Crippen LogP contribution is 2.05. The van der Waals surface area contributed by atoms with E-state index in [1.165, 1.54) is 45.1 Å². The number of nitrogens with one attached hydrogen (secondary N) is 1. The highest BCUT2D eigenvalue weighted by Gasteiger charge is 1.89. The van der Waals surface area contributed by atoms with Gasteiger partial charge < -0.3 is 5.32 Å². The summed E-state index contributed by atoms with van der Waals surface area (Å²) in [5.41, 5.74) is 0. The number of unbranched alkanes of at least 4 members (excludes halogenated alkanes) is 6. The molecule has 0 atom stereocenters. The SMILES string of the molecule is [CH2]CCCCCCCCNCC. The second-order valence-electron chi connectivity index (χ2n) is 3.33. The Morgan fingerprint density at radius 1 is 0.917 bits per heavy atom. The van der Waals surface area contributed by atoms with Crippen LogP contribution < -0.4 is 5.32 Å². The molecule has 0 aliphatic heterocycles. The zero-order chi connectivity index (χ0) is 9.07. The van der Waals surface area contributed by atoms with E-state index in [4.69, 9.17) is 0 Å². The minimum Gasteiger partial charge on any atom is -0.317 e. The van der Waals surface area contributed by atoms with Crippen molar-refractivity contribution in [3.63, 3.8) is 0 Å². The Balaban J connectivity index is 2.73. The van der Waals surface area contributed by atoms with Crippen molar-refractivity contribution in [1.82, 2.24) is 5.32 Å². The first kappa shape index (κ1) is 12.0. The van der Waals surface area contributed by atoms with E-state index in [-0.39, 0.29) is 0 Å². The Kier molecular flexibility index (Phi) is 10.9. The highest BCUT2D eigenvalue weighted by molar-refractivity contribution is 4.48. The molecule has 73 valence electrons. The van der Waals surface area contributed by atoms with Gasteiger partial charge in [0, 0.05) is 0 Å². The van der Waals surface area contributed by atoms with Gasteiger partial charge in [-0.05, 0) is 19.5 Å². The number of hydrogen-bond donors (Lipinski definition) is 1. The van der Waals surface area contributed by atoms with E-state index in [9.17, 15) is 0 Å². The van der Waals surface area contributed by atoms with Gasteiger partial charge in [-0.1, -0.05) is 52.4 Å². The first-order valence-corrected chi connectivity index (χ1v) is 5.41. The normalized spacial score (nSPS) is 10.5. The summed E-state index contributed by atoms with van der Waals surface area (Å²) in [4.78, 5) is 0. The van der Waals surface area contributed by atoms with E-state index in [0.29, 0.717) is 0 Å². The van der Waals surface area contributed by atoms with Crippen molar-refractivity contribution in [2.24, 2.45) is 0 Å². The molecule has 0 fully saturated rings. The maximum atomic E-state index is 3.83. The van der Waals surface area contributed by atoms with Gasteiger partial charge in [-0.15, -0.1) is 0 Å². The van der Waals surface area contributed by atoms with Crippen LogP contribution in [0.15, 0.2) is 0 Å². The topological polar surface area (TPSA) is 12.0 Å². The minimum atomic E-state index is 1.11. The van der Waals surface area contributed by atoms with Crippen LogP contribution in [0.5, 0.6) is 0 Å². The first-order valence-electron chi connectivity index (χ1n) is 5.41. The van der Waals surface area contributed by atoms with Crippen molar-refractivity contribution in [2.45, 2.75) is 51.9 Å². The predicted octanol–water partition coefficient (Wildman–Crippen LogP) is 3.16. The zero-order valence-electron chi connectivity index (χ0n) is 8.57. The van der Waals surface area contributed by atoms with E-state index >= 15 is 0 Å². The fourth-order valence-electron chi connectivity index (χ4n) is 1.31. The predicted molar refractivity (Wildman–Crippen MR) is 56.2 cm³/mol. The Morgan fingerprint density at radius 3 is 2.08 bits per heavy atom. The van der Waals surface area contributed by atoms with Gasteiger partial charge in [0.2, 0.25) is 0 Å². The highest BCUT2D eigenvalue weighted by atomic mass is 14.8. The molecule has 0 bridgehead atoms. The number of rotatable bonds is 9. The monoisotopic (exact) mass is 170 g/mol. The Morgan fingerprint density at radius 2 is 1.50 bits per heavy atom. The van der Waals surface area contributed by atoms with Gasteiger partial charge in [-0.25, -0.2) is 0 Å². The third kappa shape index (κ3) is 9.96. The third-order valence-corrected chi connectivity index (χ3v) is 2.10. The maximum absolute atomic E-state index is 3.83. The van der Waals surface area contributed by atoms with Crippen LogP contribution in [0.4, 0.5) is 0 Å². The van der Waals surface area contributed by atoms with Crippen LogP contribution in [-0.2, 0) is 0 Å². The minimum absolute atomic E-state index is 1.11. The molecule has 1 heteroatoms. The lowest BCUT2D eigenvalue weighted by atomic mass is 10.1. The smallest absolute Gasteiger partial charge is 0.00490 e. The molecular weight excluding hydrogens is 146 g/mol. The van der Waals surface area contributed by atoms with Crippen molar-refractivity contribution < 1.29 is 0 Å². The average molecular weight is 170 g/mol. The van der Waals surface area contributed by atoms with Gasteiger partial charge >= 0.3 is 0 Å². The summed E-state index contributed by atoms with van der Waals surface area (Å²) in [7, 11) is 0. The molecule has 1 nitrogen and oxygen atoms in total. The molecule has 0 amide bonds. The van der Waals surface area contributed by atoms with E-state index in [1.54, 1.807) is 0 Å². The van der Waals surface area contributed by atoms with Gasteiger partial charge in [-0.2, -0.15) is 0 Å². The fraction of sp³-hybridized carbons (Fsp3) is 0.909. The largest absolute Gasteiger partial charge is 0.317 e. The van der Waals surface area contributed by atoms with Crippen LogP contribution in [0.2, 0.25) is 0 Å². The van der Waals surface area contributed by atoms with Crippen LogP contribution in [-0.4, -0.2) is 13.1 Å². The van der Waals surface area contributed by atoms with Crippen molar-refractivity contribution in [3.8, 4) is 0 Å². The Hall–Kier alpha value is -0.0400. The Bertz CT molecular complexity index is 61.4. The van der Waals surface area contributed by atoms with E-state index in [0.717, 1.165) is 13.0 Å². The summed E-state index contributed by atoms with van der Waals surface area (Å²) in [6.45, 7) is 8.31. The zero-order valence-corrected chi connectivity index (χ0v) is 8.57. The molecule has 1 radical (unpaired) electrons. The fourth-order valence-corrected chi connectivity index (χ4v) is 1.31. The molecule has 0 aromatic rings. The molecule has 0 aromatic carbocycles. The summed E-state index contributed by atoms with van der Waals surface area (Å²) in [5.74, 6) is 0. The molecule has 0 unspecified atom stereocenters. The molecule has 1 N–H and O–H groups in total. The quantitative estimate of drug-likeness (QED) is 0.524. The molecule has 0 saturated carbocycles. The van der Waals surface area contributed by atoms with Crippen LogP contribution >= 0.6 is 0 Å². The Labute approximate surface area is 77.9 Å². The van der Waals surface area contributed by atoms with Gasteiger partial charge in [0.25, 0.3) is 0 Å². The van der Waals surface area contributed by atoms with Crippen molar-refractivity contribution in [1.29, 1.82) is 0 Å². The lowest BCUT2D eigenvalue weighted by Crippen LogP contribution is -2.13. The first-order chi connectivity index (χ1) is 5.91. The molecule has 0 aromatic heterocycles. The van der Waals surface area contributed by atoms with E-state index < -0.39 is 0 Å². The van der Waals surface area contributed by atoms with Gasteiger partial charge in [0.1, 0.15) is 0 Å². The molecule has 0 aliphatic carbocycles. The van der Waals surface area contributed by atoms with Gasteiger partial charge in [0.15, 0.2) is 0 Å². The summed E-state index contributed by atoms with van der Waals surface area (Å²) in [6.07, 6.45) is 9.35. The van der Waals surface area contributed by atoms with Crippen LogP contribution in [0, 0.1) is 6.92 Å². The third-order valence-electron chi connectivity index (χ3n) is 2.10. The summed E-state index contributed by atoms with van der Waals surface area (Å²) in [6, 6.07) is 0. The number of hydrogen-bond acceptors (Lipinski definition) is 1. The lowest BCUT2D eigenvalue weighted by Gasteiger charge is -2.01. The standard InChI is InChI=1S/C11H24N/c1-3-5-6-7-8-9-10-11-12-4-2/h12H,1,3-11H2,2H3. The molecule has 0 spiro atoms. The molecule has 0 aliphatic rings. The molecule has 0 rings (SSSR count). The molecule has 0 heterocycles. The van der Waals surface area contributed by atoms with Gasteiger partial charge in [0.05, 0.1) is 0 Å². The van der Waals surface area contributed by atoms with Crippen LogP contribution in [0.25, 0.3) is 0 Å². The molecular formula is C11H24N. The summed E-state index contributed by atoms with van der Waals surface area (Å²) in [5, 5.41) is 3.34. The summed E-state index contributed by atoms with van der Waals surface area (Å²) < 4.78 is 0. The van der Waals surface area contributed by atoms with Crippen molar-refractivity contribution >= 4 is 0 Å². The average Bonchev–Trinajstić information content (AvgIpc) is 2.10. The van der Waals surface area contributed by atoms with Gasteiger partial charge in [-0.3, -0.25) is 0 Å². The second-order valence-corrected chi connectivity index (χ2v) is 3.33. The molecule has 0 saturated heterocycles. The van der Waals surface area contributed by atoms with E-state index in [1.807, 2.05) is 0 Å².